The molecule has 0 spiro atoms. The van der Waals surface area contributed by atoms with Crippen molar-refractivity contribution in [3.05, 3.63) is 34.4 Å². The van der Waals surface area contributed by atoms with E-state index in [4.69, 9.17) is 11.6 Å². The lowest BCUT2D eigenvalue weighted by Crippen LogP contribution is -2.03. The molecule has 0 fully saturated rings. The number of ketones is 1. The van der Waals surface area contributed by atoms with Gasteiger partial charge in [0, 0.05) is 6.42 Å². The van der Waals surface area contributed by atoms with Gasteiger partial charge in [0.2, 0.25) is 0 Å². The monoisotopic (exact) mass is 246 g/mol. The van der Waals surface area contributed by atoms with Crippen molar-refractivity contribution >= 4 is 17.4 Å². The molecule has 0 atom stereocenters. The van der Waals surface area contributed by atoms with E-state index >= 15 is 0 Å². The lowest BCUT2D eigenvalue weighted by Gasteiger charge is -2.03. The lowest BCUT2D eigenvalue weighted by atomic mass is 10.0. The van der Waals surface area contributed by atoms with Gasteiger partial charge in [-0.25, -0.2) is 8.78 Å². The molecule has 1 nitrogen and oxygen atoms in total. The van der Waals surface area contributed by atoms with E-state index in [9.17, 15) is 13.6 Å². The number of carbonyl (C=O) groups is 1. The molecule has 16 heavy (non-hydrogen) atoms. The Balaban J connectivity index is 2.79. The van der Waals surface area contributed by atoms with E-state index in [0.29, 0.717) is 6.42 Å². The van der Waals surface area contributed by atoms with Crippen molar-refractivity contribution in [3.8, 4) is 0 Å². The summed E-state index contributed by atoms with van der Waals surface area (Å²) >= 11 is 5.39. The molecule has 1 aromatic rings. The summed E-state index contributed by atoms with van der Waals surface area (Å²) in [4.78, 5) is 11.6. The Labute approximate surface area is 98.4 Å². The molecule has 0 saturated heterocycles. The second-order valence-corrected chi connectivity index (χ2v) is 4.03. The normalized spacial score (nSPS) is 10.5. The van der Waals surface area contributed by atoms with E-state index in [1.807, 2.05) is 6.92 Å². The van der Waals surface area contributed by atoms with Crippen LogP contribution in [0.4, 0.5) is 8.78 Å². The number of rotatable bonds is 5. The van der Waals surface area contributed by atoms with Crippen LogP contribution in [0.5, 0.6) is 0 Å². The number of hydrogen-bond donors (Lipinski definition) is 0. The van der Waals surface area contributed by atoms with E-state index in [2.05, 4.69) is 0 Å². The van der Waals surface area contributed by atoms with Gasteiger partial charge >= 0.3 is 0 Å². The molecular weight excluding hydrogens is 234 g/mol. The standard InChI is InChI=1S/C12H13ClF2O/c1-2-3-4-5-12(16)8-6-11(15)9(13)7-10(8)14/h6-7H,2-5H2,1H3. The SMILES string of the molecule is CCCCCC(=O)c1cc(F)c(Cl)cc1F. The third-order valence-corrected chi connectivity index (χ3v) is 2.61. The molecule has 0 aliphatic heterocycles. The summed E-state index contributed by atoms with van der Waals surface area (Å²) in [5.41, 5.74) is -0.210. The maximum atomic E-state index is 13.3. The fourth-order valence-corrected chi connectivity index (χ4v) is 1.56. The maximum Gasteiger partial charge on any atom is 0.165 e. The molecule has 1 rings (SSSR count). The summed E-state index contributed by atoms with van der Waals surface area (Å²) in [6, 6.07) is 1.70. The molecule has 4 heteroatoms. The summed E-state index contributed by atoms with van der Waals surface area (Å²) in [7, 11) is 0. The van der Waals surface area contributed by atoms with Crippen LogP contribution < -0.4 is 0 Å². The summed E-state index contributed by atoms with van der Waals surface area (Å²) in [5, 5.41) is -0.303. The van der Waals surface area contributed by atoms with Crippen LogP contribution in [0, 0.1) is 11.6 Å². The topological polar surface area (TPSA) is 17.1 Å². The maximum absolute atomic E-state index is 13.3. The van der Waals surface area contributed by atoms with Gasteiger partial charge in [-0.2, -0.15) is 0 Å². The van der Waals surface area contributed by atoms with Gasteiger partial charge in [-0.3, -0.25) is 4.79 Å². The summed E-state index contributed by atoms with van der Waals surface area (Å²) in [6.07, 6.45) is 2.82. The number of carbonyl (C=O) groups excluding carboxylic acids is 1. The molecule has 88 valence electrons. The molecule has 0 saturated carbocycles. The average Bonchev–Trinajstić information content (AvgIpc) is 2.23. The predicted octanol–water partition coefficient (Wildman–Crippen LogP) is 4.38. The van der Waals surface area contributed by atoms with Gasteiger partial charge in [0.15, 0.2) is 5.78 Å². The molecule has 0 radical (unpaired) electrons. The molecular formula is C12H13ClF2O. The Morgan fingerprint density at radius 1 is 1.25 bits per heavy atom. The lowest BCUT2D eigenvalue weighted by molar-refractivity contribution is 0.0975. The van der Waals surface area contributed by atoms with E-state index < -0.39 is 11.6 Å². The van der Waals surface area contributed by atoms with Crippen LogP contribution in [0.3, 0.4) is 0 Å². The minimum Gasteiger partial charge on any atom is -0.294 e. The van der Waals surface area contributed by atoms with Crippen LogP contribution in [0.25, 0.3) is 0 Å². The molecule has 0 bridgehead atoms. The largest absolute Gasteiger partial charge is 0.294 e. The number of benzene rings is 1. The Hall–Kier alpha value is -0.960. The third kappa shape index (κ3) is 3.27. The predicted molar refractivity (Wildman–Crippen MR) is 59.8 cm³/mol. The minimum absolute atomic E-state index is 0.210. The highest BCUT2D eigenvalue weighted by atomic mass is 35.5. The minimum atomic E-state index is -0.762. The van der Waals surface area contributed by atoms with Gasteiger partial charge in [0.1, 0.15) is 11.6 Å². The first-order valence-corrected chi connectivity index (χ1v) is 5.61. The second-order valence-electron chi connectivity index (χ2n) is 3.63. The van der Waals surface area contributed by atoms with Gasteiger partial charge in [-0.05, 0) is 18.6 Å². The summed E-state index contributed by atoms with van der Waals surface area (Å²) in [5.74, 6) is -1.89. The van der Waals surface area contributed by atoms with E-state index in [1.54, 1.807) is 0 Å². The molecule has 0 aromatic heterocycles. The van der Waals surface area contributed by atoms with E-state index in [-0.39, 0.29) is 22.8 Å². The van der Waals surface area contributed by atoms with Crippen LogP contribution in [0.1, 0.15) is 43.0 Å². The molecule has 0 unspecified atom stereocenters. The molecule has 0 N–H and O–H groups in total. The molecule has 0 aliphatic carbocycles. The van der Waals surface area contributed by atoms with Crippen molar-refractivity contribution in [3.63, 3.8) is 0 Å². The van der Waals surface area contributed by atoms with Gasteiger partial charge in [0.05, 0.1) is 10.6 Å². The zero-order chi connectivity index (χ0) is 12.1. The highest BCUT2D eigenvalue weighted by molar-refractivity contribution is 6.30. The molecule has 0 amide bonds. The highest BCUT2D eigenvalue weighted by Gasteiger charge is 2.14. The zero-order valence-corrected chi connectivity index (χ0v) is 9.78. The van der Waals surface area contributed by atoms with Gasteiger partial charge in [-0.1, -0.05) is 31.4 Å². The highest BCUT2D eigenvalue weighted by Crippen LogP contribution is 2.20. The molecule has 0 heterocycles. The Morgan fingerprint density at radius 3 is 2.56 bits per heavy atom. The third-order valence-electron chi connectivity index (χ3n) is 2.32. The second kappa shape index (κ2) is 5.94. The van der Waals surface area contributed by atoms with Crippen LogP contribution in [-0.4, -0.2) is 5.78 Å². The first-order chi connectivity index (χ1) is 7.56. The van der Waals surface area contributed by atoms with Crippen LogP contribution in [0.15, 0.2) is 12.1 Å². The molecule has 0 aliphatic rings. The van der Waals surface area contributed by atoms with Crippen LogP contribution in [0.2, 0.25) is 5.02 Å². The van der Waals surface area contributed by atoms with Crippen molar-refractivity contribution in [2.45, 2.75) is 32.6 Å². The number of unbranched alkanes of at least 4 members (excludes halogenated alkanes) is 2. The molecule has 1 aromatic carbocycles. The first kappa shape index (κ1) is 13.1. The van der Waals surface area contributed by atoms with Crippen molar-refractivity contribution < 1.29 is 13.6 Å². The number of hydrogen-bond acceptors (Lipinski definition) is 1. The zero-order valence-electron chi connectivity index (χ0n) is 9.03. The van der Waals surface area contributed by atoms with Crippen molar-refractivity contribution in [1.29, 1.82) is 0 Å². The van der Waals surface area contributed by atoms with Crippen LogP contribution in [-0.2, 0) is 0 Å². The Kier molecular flexibility index (Phi) is 4.87. The van der Waals surface area contributed by atoms with E-state index in [1.165, 1.54) is 0 Å². The fraction of sp³-hybridized carbons (Fsp3) is 0.417. The Morgan fingerprint density at radius 2 is 1.94 bits per heavy atom. The van der Waals surface area contributed by atoms with Crippen LogP contribution >= 0.6 is 11.6 Å². The van der Waals surface area contributed by atoms with Crippen molar-refractivity contribution in [2.24, 2.45) is 0 Å². The Bertz CT molecular complexity index is 391. The fourth-order valence-electron chi connectivity index (χ4n) is 1.41. The first-order valence-electron chi connectivity index (χ1n) is 5.24. The van der Waals surface area contributed by atoms with Gasteiger partial charge < -0.3 is 0 Å². The van der Waals surface area contributed by atoms with Gasteiger partial charge in [0.25, 0.3) is 0 Å². The van der Waals surface area contributed by atoms with E-state index in [0.717, 1.165) is 25.0 Å². The summed E-state index contributed by atoms with van der Waals surface area (Å²) in [6.45, 7) is 2.01. The summed E-state index contributed by atoms with van der Waals surface area (Å²) < 4.78 is 26.4. The quantitative estimate of drug-likeness (QED) is 0.428. The number of Topliss-reactive ketones (excluding diaryl/α,β-unsaturated/α-hetero) is 1. The van der Waals surface area contributed by atoms with Crippen molar-refractivity contribution in [2.75, 3.05) is 0 Å². The number of halogens is 3. The van der Waals surface area contributed by atoms with Gasteiger partial charge in [-0.15, -0.1) is 0 Å². The average molecular weight is 247 g/mol. The smallest absolute Gasteiger partial charge is 0.165 e. The van der Waals surface area contributed by atoms with Crippen molar-refractivity contribution in [1.82, 2.24) is 0 Å².